The topological polar surface area (TPSA) is 63.2 Å². The minimum Gasteiger partial charge on any atom is -0.353 e. The van der Waals surface area contributed by atoms with Crippen molar-refractivity contribution < 1.29 is 22.7 Å². The first-order valence-electron chi connectivity index (χ1n) is 7.27. The molecular weight excluding hydrogens is 359 g/mol. The zero-order chi connectivity index (χ0) is 18.1. The van der Waals surface area contributed by atoms with Crippen LogP contribution in [-0.2, 0) is 16.9 Å². The molecular formula is C16H13ClF3N3O2. The van der Waals surface area contributed by atoms with Crippen molar-refractivity contribution in [2.45, 2.75) is 18.4 Å². The fourth-order valence-corrected chi connectivity index (χ4v) is 2.74. The van der Waals surface area contributed by atoms with E-state index in [-0.39, 0.29) is 22.9 Å². The average molecular weight is 372 g/mol. The number of aromatic nitrogens is 1. The van der Waals surface area contributed by atoms with Gasteiger partial charge in [0.2, 0.25) is 5.60 Å². The maximum atomic E-state index is 14.0. The average Bonchev–Trinajstić information content (AvgIpc) is 2.70. The summed E-state index contributed by atoms with van der Waals surface area (Å²) in [5.41, 5.74) is -2.71. The molecule has 1 aliphatic heterocycles. The largest absolute Gasteiger partial charge is 0.423 e. The van der Waals surface area contributed by atoms with Gasteiger partial charge in [-0.15, -0.1) is 0 Å². The maximum Gasteiger partial charge on any atom is 0.423 e. The molecule has 132 valence electrons. The number of carbonyl (C=O) groups excluding carboxylic acids is 1. The van der Waals surface area contributed by atoms with Crippen LogP contribution in [0.25, 0.3) is 0 Å². The molecule has 1 atom stereocenters. The Labute approximate surface area is 146 Å². The molecule has 0 saturated carbocycles. The minimum atomic E-state index is -4.81. The third-order valence-electron chi connectivity index (χ3n) is 3.81. The summed E-state index contributed by atoms with van der Waals surface area (Å²) in [5.74, 6) is 0. The summed E-state index contributed by atoms with van der Waals surface area (Å²) in [4.78, 5) is 15.7. The van der Waals surface area contributed by atoms with Crippen molar-refractivity contribution in [2.75, 3.05) is 11.9 Å². The molecule has 1 unspecified atom stereocenters. The Hall–Kier alpha value is -2.32. The molecule has 0 bridgehead atoms. The first kappa shape index (κ1) is 17.5. The number of benzene rings is 1. The molecule has 9 heteroatoms. The van der Waals surface area contributed by atoms with Gasteiger partial charge in [-0.05, 0) is 30.3 Å². The molecule has 2 amide bonds. The first-order valence-corrected chi connectivity index (χ1v) is 7.65. The van der Waals surface area contributed by atoms with Gasteiger partial charge in [-0.3, -0.25) is 4.98 Å². The van der Waals surface area contributed by atoms with Crippen molar-refractivity contribution in [3.63, 3.8) is 0 Å². The van der Waals surface area contributed by atoms with E-state index in [2.05, 4.69) is 15.6 Å². The van der Waals surface area contributed by atoms with Crippen LogP contribution in [0.1, 0.15) is 11.3 Å². The Morgan fingerprint density at radius 1 is 1.28 bits per heavy atom. The number of hydrogen-bond acceptors (Lipinski definition) is 3. The van der Waals surface area contributed by atoms with Gasteiger partial charge in [0, 0.05) is 22.5 Å². The number of nitrogens with one attached hydrogen (secondary N) is 2. The second-order valence-corrected chi connectivity index (χ2v) is 5.87. The van der Waals surface area contributed by atoms with Crippen molar-refractivity contribution in [2.24, 2.45) is 0 Å². The Balaban J connectivity index is 2.08. The van der Waals surface area contributed by atoms with Crippen molar-refractivity contribution in [3.05, 3.63) is 58.9 Å². The Morgan fingerprint density at radius 2 is 2.08 bits per heavy atom. The highest BCUT2D eigenvalue weighted by atomic mass is 35.5. The molecule has 1 aliphatic rings. The van der Waals surface area contributed by atoms with Gasteiger partial charge in [0.05, 0.1) is 18.8 Å². The summed E-state index contributed by atoms with van der Waals surface area (Å²) in [5, 5.41) is 4.66. The van der Waals surface area contributed by atoms with Crippen LogP contribution in [0, 0.1) is 0 Å². The maximum absolute atomic E-state index is 14.0. The number of urea groups is 1. The number of nitrogens with zero attached hydrogens (tertiary/aromatic N) is 1. The molecule has 0 saturated heterocycles. The Bertz CT molecular complexity index is 786. The molecule has 2 aromatic rings. The van der Waals surface area contributed by atoms with Gasteiger partial charge in [-0.25, -0.2) is 4.79 Å². The van der Waals surface area contributed by atoms with Crippen LogP contribution in [0.4, 0.5) is 23.7 Å². The van der Waals surface area contributed by atoms with Crippen LogP contribution in [0.3, 0.4) is 0 Å². The molecule has 25 heavy (non-hydrogen) atoms. The quantitative estimate of drug-likeness (QED) is 0.861. The standard InChI is InChI=1S/C16H13ClF3N3O2/c17-10-4-5-13-12(7-10)15(16(18,19)20,9-22-14(24)23-13)25-8-11-3-1-2-6-21-11/h1-7H,8-9H2,(H2,22,23,24). The molecule has 2 N–H and O–H groups in total. The van der Waals surface area contributed by atoms with Gasteiger partial charge >= 0.3 is 12.2 Å². The molecule has 1 aromatic carbocycles. The molecule has 0 spiro atoms. The van der Waals surface area contributed by atoms with Gasteiger partial charge in [-0.2, -0.15) is 13.2 Å². The third kappa shape index (κ3) is 3.40. The molecule has 0 radical (unpaired) electrons. The monoisotopic (exact) mass is 371 g/mol. The van der Waals surface area contributed by atoms with Gasteiger partial charge in [0.1, 0.15) is 0 Å². The van der Waals surface area contributed by atoms with Gasteiger partial charge in [0.15, 0.2) is 0 Å². The number of carbonyl (C=O) groups is 1. The normalized spacial score (nSPS) is 20.2. The van der Waals surface area contributed by atoms with E-state index in [1.807, 2.05) is 0 Å². The van der Waals surface area contributed by atoms with Crippen molar-refractivity contribution in [1.82, 2.24) is 10.3 Å². The van der Waals surface area contributed by atoms with Crippen LogP contribution < -0.4 is 10.6 Å². The zero-order valence-electron chi connectivity index (χ0n) is 12.7. The summed E-state index contributed by atoms with van der Waals surface area (Å²) in [6.07, 6.45) is -3.35. The van der Waals surface area contributed by atoms with Crippen LogP contribution in [-0.4, -0.2) is 23.7 Å². The number of ether oxygens (including phenoxy) is 1. The van der Waals surface area contributed by atoms with E-state index in [0.717, 1.165) is 6.07 Å². The van der Waals surface area contributed by atoms with Crippen LogP contribution in [0.2, 0.25) is 5.02 Å². The second kappa shape index (κ2) is 6.53. The lowest BCUT2D eigenvalue weighted by Crippen LogP contribution is -2.51. The molecule has 1 aromatic heterocycles. The Kier molecular flexibility index (Phi) is 4.57. The number of pyridine rings is 1. The van der Waals surface area contributed by atoms with E-state index >= 15 is 0 Å². The number of hydrogen-bond donors (Lipinski definition) is 2. The number of rotatable bonds is 3. The van der Waals surface area contributed by atoms with E-state index in [1.165, 1.54) is 18.3 Å². The fourth-order valence-electron chi connectivity index (χ4n) is 2.57. The van der Waals surface area contributed by atoms with Gasteiger partial charge in [-0.1, -0.05) is 17.7 Å². The zero-order valence-corrected chi connectivity index (χ0v) is 13.5. The van der Waals surface area contributed by atoms with Crippen LogP contribution in [0.15, 0.2) is 42.6 Å². The lowest BCUT2D eigenvalue weighted by molar-refractivity contribution is -0.286. The summed E-state index contributed by atoms with van der Waals surface area (Å²) in [7, 11) is 0. The molecule has 0 fully saturated rings. The van der Waals surface area contributed by atoms with Crippen LogP contribution in [0.5, 0.6) is 0 Å². The van der Waals surface area contributed by atoms with Crippen molar-refractivity contribution in [1.29, 1.82) is 0 Å². The van der Waals surface area contributed by atoms with E-state index in [1.54, 1.807) is 18.2 Å². The van der Waals surface area contributed by atoms with E-state index in [9.17, 15) is 18.0 Å². The van der Waals surface area contributed by atoms with Crippen molar-refractivity contribution in [3.8, 4) is 0 Å². The number of amides is 2. The smallest absolute Gasteiger partial charge is 0.353 e. The first-order chi connectivity index (χ1) is 11.8. The van der Waals surface area contributed by atoms with Crippen molar-refractivity contribution >= 4 is 23.3 Å². The molecule has 0 aliphatic carbocycles. The lowest BCUT2D eigenvalue weighted by Gasteiger charge is -2.35. The molecule has 5 nitrogen and oxygen atoms in total. The summed E-state index contributed by atoms with van der Waals surface area (Å²) < 4.78 is 47.5. The number of fused-ring (bicyclic) bond motifs is 1. The number of halogens is 4. The highest BCUT2D eigenvalue weighted by molar-refractivity contribution is 6.30. The summed E-state index contributed by atoms with van der Waals surface area (Å²) in [6.45, 7) is -1.18. The predicted octanol–water partition coefficient (Wildman–Crippen LogP) is 3.84. The highest BCUT2D eigenvalue weighted by Crippen LogP contribution is 2.46. The predicted molar refractivity (Wildman–Crippen MR) is 85.2 cm³/mol. The SMILES string of the molecule is O=C1NCC(OCc2ccccn2)(C(F)(F)F)c2cc(Cl)ccc2N1. The summed E-state index contributed by atoms with van der Waals surface area (Å²) >= 11 is 5.89. The number of anilines is 1. The summed E-state index contributed by atoms with van der Waals surface area (Å²) in [6, 6.07) is 7.95. The van der Waals surface area contributed by atoms with Gasteiger partial charge < -0.3 is 15.4 Å². The third-order valence-corrected chi connectivity index (χ3v) is 4.05. The molecule has 3 rings (SSSR count). The van der Waals surface area contributed by atoms with E-state index < -0.39 is 24.4 Å². The van der Waals surface area contributed by atoms with E-state index in [0.29, 0.717) is 5.69 Å². The fraction of sp³-hybridized carbons (Fsp3) is 0.250. The van der Waals surface area contributed by atoms with Crippen LogP contribution >= 0.6 is 11.6 Å². The molecule has 2 heterocycles. The van der Waals surface area contributed by atoms with Gasteiger partial charge in [0.25, 0.3) is 0 Å². The number of alkyl halides is 3. The highest BCUT2D eigenvalue weighted by Gasteiger charge is 2.59. The Morgan fingerprint density at radius 3 is 2.76 bits per heavy atom. The lowest BCUT2D eigenvalue weighted by atomic mass is 9.91. The minimum absolute atomic E-state index is 0.0160. The van der Waals surface area contributed by atoms with E-state index in [4.69, 9.17) is 16.3 Å². The second-order valence-electron chi connectivity index (χ2n) is 5.43.